The van der Waals surface area contributed by atoms with Crippen LogP contribution in [-0.4, -0.2) is 6.17 Å². The third kappa shape index (κ3) is 4.88. The van der Waals surface area contributed by atoms with Crippen LogP contribution in [-0.2, 0) is 0 Å². The number of rotatable bonds is 8. The molecule has 0 aromatic heterocycles. The van der Waals surface area contributed by atoms with E-state index in [0.29, 0.717) is 23.7 Å². The Morgan fingerprint density at radius 1 is 1.15 bits per heavy atom. The van der Waals surface area contributed by atoms with E-state index in [-0.39, 0.29) is 11.6 Å². The number of anilines is 1. The molecule has 0 saturated heterocycles. The van der Waals surface area contributed by atoms with Crippen molar-refractivity contribution in [2.45, 2.75) is 86.2 Å². The highest BCUT2D eigenvalue weighted by atomic mass is 15.3. The van der Waals surface area contributed by atoms with Gasteiger partial charge in [0.2, 0.25) is 0 Å². The predicted octanol–water partition coefficient (Wildman–Crippen LogP) is 8.17. The van der Waals surface area contributed by atoms with Crippen LogP contribution in [0, 0.1) is 28.6 Å². The standard InChI is InChI=1S/C31H43N3/c1-9-10-16-31(8,23(6)7)28-15-14-24(20-32)19-27(28)30-33-17-18-34(30)29-25(21(2)3)12-11-13-26(29)22(4)5/h10-14,16-19,21-23,28,30,33H,9,15H2,1-8H3. The number of nitrogens with one attached hydrogen (secondary N) is 1. The summed E-state index contributed by atoms with van der Waals surface area (Å²) in [5.74, 6) is 1.61. The Morgan fingerprint density at radius 2 is 1.79 bits per heavy atom. The Balaban J connectivity index is 2.17. The van der Waals surface area contributed by atoms with Crippen molar-refractivity contribution >= 4 is 5.69 Å². The molecule has 3 heteroatoms. The fourth-order valence-electron chi connectivity index (χ4n) is 5.41. The van der Waals surface area contributed by atoms with Crippen molar-refractivity contribution in [3.8, 4) is 6.07 Å². The van der Waals surface area contributed by atoms with Crippen LogP contribution in [0.3, 0.4) is 0 Å². The summed E-state index contributed by atoms with van der Waals surface area (Å²) < 4.78 is 0. The Hall–Kier alpha value is -2.73. The summed E-state index contributed by atoms with van der Waals surface area (Å²) in [4.78, 5) is 2.42. The number of benzene rings is 1. The molecule has 1 heterocycles. The Kier molecular flexibility index (Phi) is 8.13. The van der Waals surface area contributed by atoms with E-state index in [2.05, 4.69) is 127 Å². The topological polar surface area (TPSA) is 39.1 Å². The second kappa shape index (κ2) is 10.7. The SMILES string of the molecule is CCC=CC(C)(C(C)C)C1CC=C(C#N)C=C1C1NC=CN1c1c(C(C)C)cccc1C(C)C. The van der Waals surface area contributed by atoms with Crippen LogP contribution in [0.15, 0.2) is 66.0 Å². The summed E-state index contributed by atoms with van der Waals surface area (Å²) in [6.07, 6.45) is 15.2. The van der Waals surface area contributed by atoms with Crippen LogP contribution in [0.1, 0.15) is 91.2 Å². The quantitative estimate of drug-likeness (QED) is 0.400. The molecule has 3 nitrogen and oxygen atoms in total. The lowest BCUT2D eigenvalue weighted by Gasteiger charge is -2.45. The number of nitrogens with zero attached hydrogens (tertiary/aromatic N) is 2. The number of hydrogen-bond donors (Lipinski definition) is 1. The predicted molar refractivity (Wildman–Crippen MR) is 145 cm³/mol. The van der Waals surface area contributed by atoms with Crippen LogP contribution in [0.4, 0.5) is 5.69 Å². The van der Waals surface area contributed by atoms with E-state index in [0.717, 1.165) is 18.4 Å². The van der Waals surface area contributed by atoms with Gasteiger partial charge in [0, 0.05) is 23.7 Å². The molecule has 3 unspecified atom stereocenters. The zero-order valence-electron chi connectivity index (χ0n) is 22.4. The number of nitriles is 1. The molecule has 0 saturated carbocycles. The third-order valence-corrected chi connectivity index (χ3v) is 7.82. The van der Waals surface area contributed by atoms with Crippen molar-refractivity contribution in [2.24, 2.45) is 17.3 Å². The van der Waals surface area contributed by atoms with E-state index < -0.39 is 0 Å². The third-order valence-electron chi connectivity index (χ3n) is 7.82. The molecular weight excluding hydrogens is 414 g/mol. The van der Waals surface area contributed by atoms with Crippen LogP contribution in [0.2, 0.25) is 0 Å². The zero-order valence-corrected chi connectivity index (χ0v) is 22.4. The second-order valence-electron chi connectivity index (χ2n) is 10.9. The summed E-state index contributed by atoms with van der Waals surface area (Å²) in [5, 5.41) is 13.4. The first-order valence-electron chi connectivity index (χ1n) is 13.0. The lowest BCUT2D eigenvalue weighted by atomic mass is 9.63. The molecule has 3 rings (SSSR count). The highest BCUT2D eigenvalue weighted by Gasteiger charge is 2.42. The van der Waals surface area contributed by atoms with Crippen molar-refractivity contribution in [1.82, 2.24) is 5.32 Å². The van der Waals surface area contributed by atoms with Crippen molar-refractivity contribution in [3.05, 3.63) is 77.2 Å². The van der Waals surface area contributed by atoms with E-state index in [9.17, 15) is 5.26 Å². The van der Waals surface area contributed by atoms with Crippen molar-refractivity contribution < 1.29 is 0 Å². The normalized spacial score (nSPS) is 22.2. The van der Waals surface area contributed by atoms with Gasteiger partial charge in [-0.05, 0) is 64.7 Å². The molecule has 1 aliphatic heterocycles. The number of para-hydroxylation sites is 1. The highest BCUT2D eigenvalue weighted by molar-refractivity contribution is 5.66. The van der Waals surface area contributed by atoms with E-state index in [1.807, 2.05) is 0 Å². The summed E-state index contributed by atoms with van der Waals surface area (Å²) in [6, 6.07) is 9.15. The van der Waals surface area contributed by atoms with Crippen molar-refractivity contribution in [3.63, 3.8) is 0 Å². The molecule has 1 N–H and O–H groups in total. The molecule has 1 aliphatic carbocycles. The Morgan fingerprint density at radius 3 is 2.32 bits per heavy atom. The van der Waals surface area contributed by atoms with Gasteiger partial charge >= 0.3 is 0 Å². The first kappa shape index (κ1) is 25.9. The summed E-state index contributed by atoms with van der Waals surface area (Å²) in [6.45, 7) is 18.3. The van der Waals surface area contributed by atoms with Gasteiger partial charge in [-0.15, -0.1) is 0 Å². The van der Waals surface area contributed by atoms with Gasteiger partial charge in [0.25, 0.3) is 0 Å². The molecule has 0 bridgehead atoms. The fourth-order valence-corrected chi connectivity index (χ4v) is 5.41. The molecule has 34 heavy (non-hydrogen) atoms. The minimum atomic E-state index is -0.00690. The van der Waals surface area contributed by atoms with Crippen LogP contribution >= 0.6 is 0 Å². The zero-order chi connectivity index (χ0) is 25.0. The van der Waals surface area contributed by atoms with E-state index >= 15 is 0 Å². The van der Waals surface area contributed by atoms with E-state index in [1.54, 1.807) is 0 Å². The number of allylic oxidation sites excluding steroid dienone is 5. The van der Waals surface area contributed by atoms with Gasteiger partial charge in [-0.3, -0.25) is 0 Å². The minimum absolute atomic E-state index is 0.00624. The van der Waals surface area contributed by atoms with Gasteiger partial charge in [-0.2, -0.15) is 5.26 Å². The maximum atomic E-state index is 9.78. The van der Waals surface area contributed by atoms with E-state index in [4.69, 9.17) is 0 Å². The molecule has 3 atom stereocenters. The smallest absolute Gasteiger partial charge is 0.126 e. The number of hydrogen-bond acceptors (Lipinski definition) is 3. The average molecular weight is 458 g/mol. The molecule has 1 aromatic rings. The average Bonchev–Trinajstić information content (AvgIpc) is 3.30. The maximum absolute atomic E-state index is 9.78. The molecule has 0 amide bonds. The van der Waals surface area contributed by atoms with Gasteiger partial charge in [0.15, 0.2) is 0 Å². The van der Waals surface area contributed by atoms with Crippen LogP contribution in [0.5, 0.6) is 0 Å². The molecule has 0 spiro atoms. The first-order valence-corrected chi connectivity index (χ1v) is 13.0. The Bertz CT molecular complexity index is 1000. The molecular formula is C31H43N3. The lowest BCUT2D eigenvalue weighted by Crippen LogP contribution is -2.45. The first-order chi connectivity index (χ1) is 16.2. The summed E-state index contributed by atoms with van der Waals surface area (Å²) in [5.41, 5.74) is 6.10. The van der Waals surface area contributed by atoms with Gasteiger partial charge < -0.3 is 10.2 Å². The lowest BCUT2D eigenvalue weighted by molar-refractivity contribution is 0.197. The molecule has 0 radical (unpaired) electrons. The Labute approximate surface area is 207 Å². The van der Waals surface area contributed by atoms with Crippen LogP contribution < -0.4 is 10.2 Å². The van der Waals surface area contributed by atoms with Crippen molar-refractivity contribution in [1.29, 1.82) is 5.26 Å². The van der Waals surface area contributed by atoms with Crippen molar-refractivity contribution in [2.75, 3.05) is 4.90 Å². The fraction of sp³-hybridized carbons (Fsp3) is 0.516. The summed E-state index contributed by atoms with van der Waals surface area (Å²) >= 11 is 0. The van der Waals surface area contributed by atoms with Gasteiger partial charge in [0.1, 0.15) is 6.17 Å². The van der Waals surface area contributed by atoms with Gasteiger partial charge in [-0.1, -0.05) is 91.8 Å². The summed E-state index contributed by atoms with van der Waals surface area (Å²) in [7, 11) is 0. The van der Waals surface area contributed by atoms with Gasteiger partial charge in [0.05, 0.1) is 6.07 Å². The largest absolute Gasteiger partial charge is 0.366 e. The highest BCUT2D eigenvalue weighted by Crippen LogP contribution is 2.48. The monoisotopic (exact) mass is 457 g/mol. The van der Waals surface area contributed by atoms with Gasteiger partial charge in [-0.25, -0.2) is 0 Å². The maximum Gasteiger partial charge on any atom is 0.126 e. The molecule has 2 aliphatic rings. The second-order valence-corrected chi connectivity index (χ2v) is 10.9. The minimum Gasteiger partial charge on any atom is -0.366 e. The van der Waals surface area contributed by atoms with Crippen LogP contribution in [0.25, 0.3) is 0 Å². The molecule has 1 aromatic carbocycles. The van der Waals surface area contributed by atoms with E-state index in [1.165, 1.54) is 22.4 Å². The molecule has 182 valence electrons. The molecule has 0 fully saturated rings.